The van der Waals surface area contributed by atoms with Crippen LogP contribution in [0, 0.1) is 0 Å². The van der Waals surface area contributed by atoms with Gasteiger partial charge in [0.05, 0.1) is 12.8 Å². The second-order valence-electron chi connectivity index (χ2n) is 5.55. The molecule has 3 aromatic carbocycles. The molecule has 0 fully saturated rings. The minimum absolute atomic E-state index is 0.433. The smallest absolute Gasteiger partial charge is 0.128 e. The lowest BCUT2D eigenvalue weighted by Crippen LogP contribution is -1.98. The third kappa shape index (κ3) is 5.01. The van der Waals surface area contributed by atoms with Gasteiger partial charge in [0.1, 0.15) is 18.1 Å². The number of benzene rings is 3. The van der Waals surface area contributed by atoms with E-state index in [2.05, 4.69) is 4.99 Å². The van der Waals surface area contributed by atoms with Gasteiger partial charge in [-0.1, -0.05) is 35.3 Å². The molecule has 0 radical (unpaired) electrons. The van der Waals surface area contributed by atoms with E-state index in [9.17, 15) is 0 Å². The highest BCUT2D eigenvalue weighted by Crippen LogP contribution is 2.24. The van der Waals surface area contributed by atoms with E-state index in [1.54, 1.807) is 19.4 Å². The average Bonchev–Trinajstić information content (AvgIpc) is 2.67. The standard InChI is InChI=1S/C21H17Cl2NO2/c1-25-20-9-7-19(8-10-20)24-13-16-12-18(23)6-11-21(16)26-14-15-2-4-17(22)5-3-15/h2-13H,14H2,1H3. The molecular weight excluding hydrogens is 369 g/mol. The van der Waals surface area contributed by atoms with Gasteiger partial charge in [0.25, 0.3) is 0 Å². The summed E-state index contributed by atoms with van der Waals surface area (Å²) in [5.41, 5.74) is 2.65. The molecule has 0 saturated carbocycles. The van der Waals surface area contributed by atoms with Gasteiger partial charge in [-0.15, -0.1) is 0 Å². The van der Waals surface area contributed by atoms with Gasteiger partial charge >= 0.3 is 0 Å². The molecule has 0 spiro atoms. The molecule has 0 unspecified atom stereocenters. The van der Waals surface area contributed by atoms with Crippen LogP contribution in [0.4, 0.5) is 5.69 Å². The zero-order valence-electron chi connectivity index (χ0n) is 14.2. The van der Waals surface area contributed by atoms with Crippen LogP contribution >= 0.6 is 23.2 Å². The Kier molecular flexibility index (Phi) is 6.16. The van der Waals surface area contributed by atoms with Crippen LogP contribution in [0.3, 0.4) is 0 Å². The molecule has 0 atom stereocenters. The van der Waals surface area contributed by atoms with E-state index in [4.69, 9.17) is 32.7 Å². The molecule has 0 aliphatic heterocycles. The maximum Gasteiger partial charge on any atom is 0.128 e. The Balaban J connectivity index is 1.76. The molecule has 132 valence electrons. The summed E-state index contributed by atoms with van der Waals surface area (Å²) in [4.78, 5) is 4.48. The minimum atomic E-state index is 0.433. The van der Waals surface area contributed by atoms with Gasteiger partial charge in [-0.3, -0.25) is 4.99 Å². The van der Waals surface area contributed by atoms with Crippen molar-refractivity contribution in [1.82, 2.24) is 0 Å². The summed E-state index contributed by atoms with van der Waals surface area (Å²) in [6, 6.07) is 20.5. The first-order chi connectivity index (χ1) is 12.6. The van der Waals surface area contributed by atoms with Gasteiger partial charge < -0.3 is 9.47 Å². The number of hydrogen-bond acceptors (Lipinski definition) is 3. The van der Waals surface area contributed by atoms with Crippen molar-refractivity contribution in [2.45, 2.75) is 6.61 Å². The molecule has 0 bridgehead atoms. The van der Waals surface area contributed by atoms with E-state index in [-0.39, 0.29) is 0 Å². The van der Waals surface area contributed by atoms with E-state index in [0.717, 1.165) is 22.6 Å². The highest BCUT2D eigenvalue weighted by atomic mass is 35.5. The third-order valence-electron chi connectivity index (χ3n) is 3.70. The van der Waals surface area contributed by atoms with E-state index in [0.29, 0.717) is 22.4 Å². The number of ether oxygens (including phenoxy) is 2. The van der Waals surface area contributed by atoms with Crippen molar-refractivity contribution in [2.24, 2.45) is 4.99 Å². The Hall–Kier alpha value is -2.49. The number of nitrogens with zero attached hydrogens (tertiary/aromatic N) is 1. The van der Waals surface area contributed by atoms with Crippen molar-refractivity contribution < 1.29 is 9.47 Å². The Morgan fingerprint density at radius 3 is 2.27 bits per heavy atom. The van der Waals surface area contributed by atoms with Crippen molar-refractivity contribution in [3.8, 4) is 11.5 Å². The Labute approximate surface area is 162 Å². The molecule has 0 aliphatic carbocycles. The highest BCUT2D eigenvalue weighted by molar-refractivity contribution is 6.31. The van der Waals surface area contributed by atoms with Crippen molar-refractivity contribution in [3.05, 3.63) is 87.9 Å². The zero-order valence-corrected chi connectivity index (χ0v) is 15.7. The molecule has 26 heavy (non-hydrogen) atoms. The predicted octanol–water partition coefficient (Wildman–Crippen LogP) is 6.33. The fourth-order valence-electron chi connectivity index (χ4n) is 2.31. The summed E-state index contributed by atoms with van der Waals surface area (Å²) in [6.45, 7) is 0.433. The molecular formula is C21H17Cl2NO2. The Bertz CT molecular complexity index is 891. The Morgan fingerprint density at radius 2 is 1.58 bits per heavy atom. The quantitative estimate of drug-likeness (QED) is 0.464. The van der Waals surface area contributed by atoms with Crippen molar-refractivity contribution in [2.75, 3.05) is 7.11 Å². The van der Waals surface area contributed by atoms with Gasteiger partial charge in [-0.25, -0.2) is 0 Å². The second-order valence-corrected chi connectivity index (χ2v) is 6.43. The van der Waals surface area contributed by atoms with Crippen LogP contribution in [-0.2, 0) is 6.61 Å². The number of aliphatic imine (C=N–C) groups is 1. The molecule has 3 rings (SSSR count). The maximum absolute atomic E-state index is 6.12. The fourth-order valence-corrected chi connectivity index (χ4v) is 2.61. The van der Waals surface area contributed by atoms with Crippen LogP contribution in [0.2, 0.25) is 10.0 Å². The second kappa shape index (κ2) is 8.75. The van der Waals surface area contributed by atoms with Crippen LogP contribution < -0.4 is 9.47 Å². The monoisotopic (exact) mass is 385 g/mol. The van der Waals surface area contributed by atoms with E-state index < -0.39 is 0 Å². The highest BCUT2D eigenvalue weighted by Gasteiger charge is 2.04. The summed E-state index contributed by atoms with van der Waals surface area (Å²) in [6.07, 6.45) is 1.74. The number of halogens is 2. The van der Waals surface area contributed by atoms with Gasteiger partial charge in [-0.2, -0.15) is 0 Å². The van der Waals surface area contributed by atoms with Crippen LogP contribution in [0.15, 0.2) is 71.7 Å². The first-order valence-corrected chi connectivity index (χ1v) is 8.74. The maximum atomic E-state index is 6.12. The van der Waals surface area contributed by atoms with Crippen LogP contribution in [0.5, 0.6) is 11.5 Å². The van der Waals surface area contributed by atoms with Crippen molar-refractivity contribution in [1.29, 1.82) is 0 Å². The van der Waals surface area contributed by atoms with E-state index >= 15 is 0 Å². The zero-order chi connectivity index (χ0) is 18.4. The van der Waals surface area contributed by atoms with E-state index in [1.165, 1.54) is 0 Å². The van der Waals surface area contributed by atoms with Crippen LogP contribution in [0.1, 0.15) is 11.1 Å². The Morgan fingerprint density at radius 1 is 0.885 bits per heavy atom. The van der Waals surface area contributed by atoms with Crippen LogP contribution in [0.25, 0.3) is 0 Å². The van der Waals surface area contributed by atoms with Gasteiger partial charge in [0.15, 0.2) is 0 Å². The number of rotatable bonds is 6. The number of hydrogen-bond donors (Lipinski definition) is 0. The molecule has 0 heterocycles. The van der Waals surface area contributed by atoms with Crippen LogP contribution in [-0.4, -0.2) is 13.3 Å². The van der Waals surface area contributed by atoms with Crippen molar-refractivity contribution >= 4 is 35.1 Å². The lowest BCUT2D eigenvalue weighted by molar-refractivity contribution is 0.306. The summed E-state index contributed by atoms with van der Waals surface area (Å²) in [5.74, 6) is 1.50. The first kappa shape index (κ1) is 18.3. The lowest BCUT2D eigenvalue weighted by atomic mass is 10.2. The molecule has 3 aromatic rings. The molecule has 5 heteroatoms. The summed E-state index contributed by atoms with van der Waals surface area (Å²) in [5, 5.41) is 1.33. The SMILES string of the molecule is COc1ccc(N=Cc2cc(Cl)ccc2OCc2ccc(Cl)cc2)cc1. The van der Waals surface area contributed by atoms with Crippen molar-refractivity contribution in [3.63, 3.8) is 0 Å². The number of methoxy groups -OCH3 is 1. The largest absolute Gasteiger partial charge is 0.497 e. The normalized spacial score (nSPS) is 10.9. The lowest BCUT2D eigenvalue weighted by Gasteiger charge is -2.10. The summed E-state index contributed by atoms with van der Waals surface area (Å²) < 4.78 is 11.1. The fraction of sp³-hybridized carbons (Fsp3) is 0.0952. The molecule has 0 aliphatic rings. The molecule has 0 aromatic heterocycles. The molecule has 0 N–H and O–H groups in total. The first-order valence-electron chi connectivity index (χ1n) is 7.99. The summed E-state index contributed by atoms with van der Waals surface area (Å²) in [7, 11) is 1.63. The molecule has 3 nitrogen and oxygen atoms in total. The van der Waals surface area contributed by atoms with Gasteiger partial charge in [-0.05, 0) is 60.2 Å². The topological polar surface area (TPSA) is 30.8 Å². The minimum Gasteiger partial charge on any atom is -0.497 e. The third-order valence-corrected chi connectivity index (χ3v) is 4.19. The predicted molar refractivity (Wildman–Crippen MR) is 107 cm³/mol. The summed E-state index contributed by atoms with van der Waals surface area (Å²) >= 11 is 12.0. The molecule has 0 amide bonds. The van der Waals surface area contributed by atoms with Gasteiger partial charge in [0, 0.05) is 21.8 Å². The average molecular weight is 386 g/mol. The molecule has 0 saturated heterocycles. The van der Waals surface area contributed by atoms with E-state index in [1.807, 2.05) is 60.7 Å². The van der Waals surface area contributed by atoms with Gasteiger partial charge in [0.2, 0.25) is 0 Å².